The van der Waals surface area contributed by atoms with Gasteiger partial charge in [-0.05, 0) is 18.2 Å². The first kappa shape index (κ1) is 29.4. The van der Waals surface area contributed by atoms with E-state index in [1.165, 1.54) is 0 Å². The van der Waals surface area contributed by atoms with Crippen LogP contribution in [-0.4, -0.2) is 55.6 Å². The van der Waals surface area contributed by atoms with E-state index in [2.05, 4.69) is 108 Å². The molecule has 0 bridgehead atoms. The van der Waals surface area contributed by atoms with Crippen molar-refractivity contribution < 1.29 is 28.4 Å². The third-order valence-corrected chi connectivity index (χ3v) is 9.17. The van der Waals surface area contributed by atoms with E-state index < -0.39 is 17.4 Å². The zero-order valence-corrected chi connectivity index (χ0v) is 26.9. The van der Waals surface area contributed by atoms with Crippen molar-refractivity contribution >= 4 is 47.8 Å². The van der Waals surface area contributed by atoms with Gasteiger partial charge in [0.1, 0.15) is 0 Å². The summed E-state index contributed by atoms with van der Waals surface area (Å²) < 4.78 is 38.7. The predicted octanol–water partition coefficient (Wildman–Crippen LogP) is 6.55. The lowest BCUT2D eigenvalue weighted by molar-refractivity contribution is -0.301. The first-order valence-corrected chi connectivity index (χ1v) is 15.8. The molecule has 0 saturated carbocycles. The molecule has 6 nitrogen and oxygen atoms in total. The quantitative estimate of drug-likeness (QED) is 0.315. The van der Waals surface area contributed by atoms with Gasteiger partial charge in [0, 0.05) is 32.9 Å². The molecule has 0 amide bonds. The van der Waals surface area contributed by atoms with Gasteiger partial charge in [0.05, 0.1) is 55.6 Å². The number of halogens is 3. The first-order valence-electron chi connectivity index (χ1n) is 12.4. The van der Waals surface area contributed by atoms with Crippen LogP contribution >= 0.6 is 47.8 Å². The Morgan fingerprint density at radius 1 is 0.472 bits per heavy atom. The summed E-state index contributed by atoms with van der Waals surface area (Å²) in [6.45, 7) is 16.3. The second kappa shape index (κ2) is 10.4. The summed E-state index contributed by atoms with van der Waals surface area (Å²) in [5.74, 6) is -2.87. The maximum atomic E-state index is 6.44. The number of alkyl halides is 3. The molecule has 0 N–H and O–H groups in total. The fourth-order valence-corrected chi connectivity index (χ4v) is 6.31. The Balaban J connectivity index is 1.83. The van der Waals surface area contributed by atoms with Crippen molar-refractivity contribution in [3.63, 3.8) is 0 Å². The van der Waals surface area contributed by atoms with Gasteiger partial charge < -0.3 is 28.4 Å². The first-order chi connectivity index (χ1) is 16.7. The van der Waals surface area contributed by atoms with Gasteiger partial charge in [0.15, 0.2) is 0 Å². The molecule has 0 aliphatic carbocycles. The highest BCUT2D eigenvalue weighted by Crippen LogP contribution is 2.46. The highest BCUT2D eigenvalue weighted by Gasteiger charge is 2.48. The summed E-state index contributed by atoms with van der Waals surface area (Å²) in [6.07, 6.45) is 0. The van der Waals surface area contributed by atoms with Gasteiger partial charge in [0.2, 0.25) is 17.4 Å². The molecule has 3 aliphatic rings. The lowest BCUT2D eigenvalue weighted by Gasteiger charge is -2.47. The lowest BCUT2D eigenvalue weighted by Crippen LogP contribution is -2.50. The average molecular weight is 699 g/mol. The van der Waals surface area contributed by atoms with Crippen LogP contribution in [0, 0.1) is 16.2 Å². The number of rotatable bonds is 6. The summed E-state index contributed by atoms with van der Waals surface area (Å²) in [5.41, 5.74) is 2.42. The topological polar surface area (TPSA) is 55.4 Å². The summed E-state index contributed by atoms with van der Waals surface area (Å²) in [6, 6.07) is 6.24. The van der Waals surface area contributed by atoms with Crippen molar-refractivity contribution in [3.8, 4) is 0 Å². The molecule has 204 valence electrons. The summed E-state index contributed by atoms with van der Waals surface area (Å²) >= 11 is 11.0. The van der Waals surface area contributed by atoms with Crippen molar-refractivity contribution in [2.24, 2.45) is 16.2 Å². The van der Waals surface area contributed by atoms with E-state index in [0.29, 0.717) is 55.6 Å². The molecule has 0 radical (unpaired) electrons. The molecule has 0 atom stereocenters. The molecule has 3 aliphatic heterocycles. The highest BCUT2D eigenvalue weighted by molar-refractivity contribution is 9.09. The molecular weight excluding hydrogens is 660 g/mol. The fourth-order valence-electron chi connectivity index (χ4n) is 4.37. The molecule has 36 heavy (non-hydrogen) atoms. The van der Waals surface area contributed by atoms with Crippen LogP contribution in [0.5, 0.6) is 0 Å². The molecule has 4 rings (SSSR count). The summed E-state index contributed by atoms with van der Waals surface area (Å²) in [5, 5.41) is 1.43. The summed E-state index contributed by atoms with van der Waals surface area (Å²) in [4.78, 5) is 0. The van der Waals surface area contributed by atoms with Gasteiger partial charge in [-0.1, -0.05) is 89.3 Å². The largest absolute Gasteiger partial charge is 0.345 e. The van der Waals surface area contributed by atoms with Crippen LogP contribution in [0.4, 0.5) is 0 Å². The molecule has 0 unspecified atom stereocenters. The van der Waals surface area contributed by atoms with Gasteiger partial charge in [-0.15, -0.1) is 0 Å². The van der Waals surface area contributed by atoms with Crippen LogP contribution in [0.25, 0.3) is 0 Å². The van der Waals surface area contributed by atoms with Crippen LogP contribution in [0.1, 0.15) is 58.2 Å². The number of benzene rings is 1. The van der Waals surface area contributed by atoms with Crippen molar-refractivity contribution in [2.45, 2.75) is 58.9 Å². The molecule has 1 aromatic carbocycles. The van der Waals surface area contributed by atoms with E-state index in [0.717, 1.165) is 16.7 Å². The Hall–Kier alpha value is 0.420. The predicted molar refractivity (Wildman–Crippen MR) is 150 cm³/mol. The smallest absolute Gasteiger partial charge is 0.204 e. The Morgan fingerprint density at radius 3 is 0.833 bits per heavy atom. The minimum absolute atomic E-state index is 0.0668. The lowest BCUT2D eigenvalue weighted by atomic mass is 9.88. The minimum atomic E-state index is -0.955. The van der Waals surface area contributed by atoms with Gasteiger partial charge >= 0.3 is 0 Å². The van der Waals surface area contributed by atoms with Crippen LogP contribution < -0.4 is 0 Å². The third-order valence-electron chi connectivity index (χ3n) is 6.96. The van der Waals surface area contributed by atoms with E-state index in [1.807, 2.05) is 0 Å². The zero-order valence-electron chi connectivity index (χ0n) is 22.2. The maximum Gasteiger partial charge on any atom is 0.204 e. The maximum absolute atomic E-state index is 6.44. The Bertz CT molecular complexity index is 786. The molecule has 3 heterocycles. The van der Waals surface area contributed by atoms with Crippen molar-refractivity contribution in [1.29, 1.82) is 0 Å². The molecule has 3 fully saturated rings. The van der Waals surface area contributed by atoms with Crippen LogP contribution in [0.15, 0.2) is 18.2 Å². The minimum Gasteiger partial charge on any atom is -0.345 e. The van der Waals surface area contributed by atoms with Gasteiger partial charge in [-0.3, -0.25) is 0 Å². The Morgan fingerprint density at radius 2 is 0.667 bits per heavy atom. The Kier molecular flexibility index (Phi) is 8.52. The van der Waals surface area contributed by atoms with Gasteiger partial charge in [0.25, 0.3) is 0 Å². The molecule has 3 saturated heterocycles. The monoisotopic (exact) mass is 696 g/mol. The Labute approximate surface area is 240 Å². The summed E-state index contributed by atoms with van der Waals surface area (Å²) in [7, 11) is 0. The van der Waals surface area contributed by atoms with E-state index >= 15 is 0 Å². The SMILES string of the molecule is CC1(C)COC(CBr)(c2cc(C3(CBr)OCC(C)(C)CO3)cc(C3(CBr)OCC(C)(C)CO3)c2)OC1. The zero-order chi connectivity index (χ0) is 26.5. The fraction of sp³-hybridized carbons (Fsp3) is 0.778. The normalized spacial score (nSPS) is 27.9. The highest BCUT2D eigenvalue weighted by atomic mass is 79.9. The van der Waals surface area contributed by atoms with Gasteiger partial charge in [-0.25, -0.2) is 0 Å². The number of hydrogen-bond acceptors (Lipinski definition) is 6. The van der Waals surface area contributed by atoms with Crippen LogP contribution in [0.2, 0.25) is 0 Å². The molecule has 0 spiro atoms. The second-order valence-corrected chi connectivity index (χ2v) is 14.4. The van der Waals surface area contributed by atoms with Gasteiger partial charge in [-0.2, -0.15) is 0 Å². The van der Waals surface area contributed by atoms with Crippen LogP contribution in [-0.2, 0) is 45.8 Å². The van der Waals surface area contributed by atoms with Crippen LogP contribution in [0.3, 0.4) is 0 Å². The molecular formula is C27H39Br3O6. The standard InChI is InChI=1S/C27H39Br3O6/c1-22(2)13-31-25(10-28,32-14-22)19-7-20(26(11-29)33-15-23(3,4)16-34-26)9-21(8-19)27(12-30)35-17-24(5,6)18-36-27/h7-9H,10-18H2,1-6H3. The van der Waals surface area contributed by atoms with Crippen molar-refractivity contribution in [1.82, 2.24) is 0 Å². The average Bonchev–Trinajstić information content (AvgIpc) is 2.85. The van der Waals surface area contributed by atoms with Crippen molar-refractivity contribution in [3.05, 3.63) is 34.9 Å². The molecule has 0 aromatic heterocycles. The van der Waals surface area contributed by atoms with E-state index in [-0.39, 0.29) is 16.2 Å². The van der Waals surface area contributed by atoms with E-state index in [4.69, 9.17) is 28.4 Å². The van der Waals surface area contributed by atoms with E-state index in [9.17, 15) is 0 Å². The van der Waals surface area contributed by atoms with E-state index in [1.54, 1.807) is 0 Å². The molecule has 9 heteroatoms. The second-order valence-electron chi connectivity index (χ2n) is 12.7. The van der Waals surface area contributed by atoms with Crippen molar-refractivity contribution in [2.75, 3.05) is 55.6 Å². The number of hydrogen-bond donors (Lipinski definition) is 0. The number of ether oxygens (including phenoxy) is 6. The molecule has 1 aromatic rings. The third kappa shape index (κ3) is 5.80.